The molecule has 0 spiro atoms. The zero-order chi connectivity index (χ0) is 13.2. The van der Waals surface area contributed by atoms with Crippen LogP contribution in [-0.2, 0) is 21.3 Å². The van der Waals surface area contributed by atoms with Gasteiger partial charge in [-0.1, -0.05) is 0 Å². The minimum Gasteiger partial charge on any atom is -0.376 e. The molecule has 0 aromatic carbocycles. The van der Waals surface area contributed by atoms with Crippen molar-refractivity contribution in [1.82, 2.24) is 14.1 Å². The molecular weight excluding hydrogens is 256 g/mol. The number of ether oxygens (including phenoxy) is 1. The topological polar surface area (TPSA) is 90.5 Å². The average Bonchev–Trinajstić information content (AvgIpc) is 2.79. The van der Waals surface area contributed by atoms with E-state index in [1.165, 1.54) is 21.4 Å². The second kappa shape index (κ2) is 5.35. The summed E-state index contributed by atoms with van der Waals surface area (Å²) in [7, 11) is -3.46. The van der Waals surface area contributed by atoms with Gasteiger partial charge in [0.1, 0.15) is 4.90 Å². The molecule has 0 aliphatic carbocycles. The molecule has 0 radical (unpaired) electrons. The summed E-state index contributed by atoms with van der Waals surface area (Å²) in [4.78, 5) is 0.213. The van der Waals surface area contributed by atoms with Crippen molar-refractivity contribution in [1.29, 1.82) is 0 Å². The first-order chi connectivity index (χ1) is 8.54. The predicted molar refractivity (Wildman–Crippen MR) is 65.5 cm³/mol. The van der Waals surface area contributed by atoms with Gasteiger partial charge in [-0.3, -0.25) is 4.68 Å². The number of nitrogens with zero attached hydrogens (tertiary/aromatic N) is 3. The highest BCUT2D eigenvalue weighted by Crippen LogP contribution is 2.17. The van der Waals surface area contributed by atoms with Crippen molar-refractivity contribution in [2.45, 2.75) is 24.5 Å². The Labute approximate surface area is 107 Å². The molecule has 7 nitrogen and oxygen atoms in total. The molecule has 1 atom stereocenters. The highest BCUT2D eigenvalue weighted by Gasteiger charge is 2.30. The van der Waals surface area contributed by atoms with Gasteiger partial charge < -0.3 is 10.5 Å². The SMILES string of the molecule is CC1CN(S(=O)(=O)c2cnn(CCN)c2)CCO1. The standard InChI is InChI=1S/C10H18N4O3S/c1-9-7-14(4-5-17-9)18(15,16)10-6-12-13(8-10)3-2-11/h6,8-9H,2-5,7,11H2,1H3. The first kappa shape index (κ1) is 13.5. The molecular formula is C10H18N4O3S. The van der Waals surface area contributed by atoms with E-state index < -0.39 is 10.0 Å². The predicted octanol–water partition coefficient (Wildman–Crippen LogP) is -0.749. The molecule has 102 valence electrons. The Kier molecular flexibility index (Phi) is 4.00. The second-order valence-electron chi connectivity index (χ2n) is 4.27. The molecule has 1 aromatic heterocycles. The number of aromatic nitrogens is 2. The van der Waals surface area contributed by atoms with Crippen LogP contribution in [0.25, 0.3) is 0 Å². The quantitative estimate of drug-likeness (QED) is 0.780. The van der Waals surface area contributed by atoms with E-state index in [4.69, 9.17) is 10.5 Å². The van der Waals surface area contributed by atoms with Crippen LogP contribution in [0.2, 0.25) is 0 Å². The molecule has 2 N–H and O–H groups in total. The highest BCUT2D eigenvalue weighted by atomic mass is 32.2. The highest BCUT2D eigenvalue weighted by molar-refractivity contribution is 7.89. The molecule has 0 amide bonds. The lowest BCUT2D eigenvalue weighted by Gasteiger charge is -2.29. The summed E-state index contributed by atoms with van der Waals surface area (Å²) >= 11 is 0. The molecule has 1 aliphatic heterocycles. The van der Waals surface area contributed by atoms with Gasteiger partial charge >= 0.3 is 0 Å². The van der Waals surface area contributed by atoms with Gasteiger partial charge in [0, 0.05) is 25.8 Å². The van der Waals surface area contributed by atoms with E-state index in [0.29, 0.717) is 32.8 Å². The van der Waals surface area contributed by atoms with Crippen molar-refractivity contribution in [3.8, 4) is 0 Å². The van der Waals surface area contributed by atoms with E-state index in [9.17, 15) is 8.42 Å². The van der Waals surface area contributed by atoms with Gasteiger partial charge in [0.25, 0.3) is 0 Å². The van der Waals surface area contributed by atoms with Crippen LogP contribution in [-0.4, -0.2) is 54.8 Å². The third kappa shape index (κ3) is 2.72. The zero-order valence-corrected chi connectivity index (χ0v) is 11.1. The van der Waals surface area contributed by atoms with Crippen LogP contribution in [0.15, 0.2) is 17.3 Å². The number of hydrogen-bond acceptors (Lipinski definition) is 5. The second-order valence-corrected chi connectivity index (χ2v) is 6.21. The summed E-state index contributed by atoms with van der Waals surface area (Å²) in [6.45, 7) is 3.99. The largest absolute Gasteiger partial charge is 0.376 e. The molecule has 2 heterocycles. The maximum atomic E-state index is 12.3. The lowest BCUT2D eigenvalue weighted by molar-refractivity contribution is 0.0102. The van der Waals surface area contributed by atoms with Crippen LogP contribution in [0.5, 0.6) is 0 Å². The number of sulfonamides is 1. The molecule has 1 fully saturated rings. The lowest BCUT2D eigenvalue weighted by Crippen LogP contribution is -2.44. The molecule has 1 saturated heterocycles. The van der Waals surface area contributed by atoms with Crippen molar-refractivity contribution in [3.63, 3.8) is 0 Å². The molecule has 0 saturated carbocycles. The number of morpholine rings is 1. The van der Waals surface area contributed by atoms with E-state index >= 15 is 0 Å². The molecule has 1 aliphatic rings. The summed E-state index contributed by atoms with van der Waals surface area (Å²) < 4.78 is 33.0. The van der Waals surface area contributed by atoms with Crippen molar-refractivity contribution in [2.24, 2.45) is 5.73 Å². The van der Waals surface area contributed by atoms with E-state index in [-0.39, 0.29) is 11.0 Å². The fraction of sp³-hybridized carbons (Fsp3) is 0.700. The lowest BCUT2D eigenvalue weighted by atomic mass is 10.3. The minimum atomic E-state index is -3.46. The van der Waals surface area contributed by atoms with Crippen molar-refractivity contribution < 1.29 is 13.2 Å². The van der Waals surface area contributed by atoms with Gasteiger partial charge in [0.05, 0.1) is 25.5 Å². The monoisotopic (exact) mass is 274 g/mol. The first-order valence-corrected chi connectivity index (χ1v) is 7.32. The Hall–Kier alpha value is -0.960. The molecule has 1 aromatic rings. The Morgan fingerprint density at radius 1 is 1.61 bits per heavy atom. The molecule has 18 heavy (non-hydrogen) atoms. The zero-order valence-electron chi connectivity index (χ0n) is 10.3. The van der Waals surface area contributed by atoms with Gasteiger partial charge in [-0.15, -0.1) is 0 Å². The van der Waals surface area contributed by atoms with Gasteiger partial charge in [-0.2, -0.15) is 9.40 Å². The van der Waals surface area contributed by atoms with E-state index in [2.05, 4.69) is 5.10 Å². The summed E-state index contributed by atoms with van der Waals surface area (Å²) in [6.07, 6.45) is 2.81. The first-order valence-electron chi connectivity index (χ1n) is 5.88. The van der Waals surface area contributed by atoms with Crippen molar-refractivity contribution in [3.05, 3.63) is 12.4 Å². The van der Waals surface area contributed by atoms with E-state index in [0.717, 1.165) is 0 Å². The molecule has 8 heteroatoms. The fourth-order valence-electron chi connectivity index (χ4n) is 1.89. The summed E-state index contributed by atoms with van der Waals surface area (Å²) in [5.74, 6) is 0. The van der Waals surface area contributed by atoms with Crippen LogP contribution in [0.1, 0.15) is 6.92 Å². The van der Waals surface area contributed by atoms with Gasteiger partial charge in [-0.05, 0) is 6.92 Å². The minimum absolute atomic E-state index is 0.0763. The van der Waals surface area contributed by atoms with E-state index in [1.807, 2.05) is 6.92 Å². The normalized spacial score (nSPS) is 22.2. The molecule has 2 rings (SSSR count). The van der Waals surface area contributed by atoms with Gasteiger partial charge in [0.15, 0.2) is 0 Å². The van der Waals surface area contributed by atoms with Crippen LogP contribution in [0.4, 0.5) is 0 Å². The number of hydrogen-bond donors (Lipinski definition) is 1. The summed E-state index contributed by atoms with van der Waals surface area (Å²) in [5, 5.41) is 3.99. The van der Waals surface area contributed by atoms with E-state index in [1.54, 1.807) is 0 Å². The molecule has 1 unspecified atom stereocenters. The smallest absolute Gasteiger partial charge is 0.246 e. The fourth-order valence-corrected chi connectivity index (χ4v) is 3.34. The average molecular weight is 274 g/mol. The third-order valence-electron chi connectivity index (χ3n) is 2.81. The summed E-state index contributed by atoms with van der Waals surface area (Å²) in [5.41, 5.74) is 5.40. The van der Waals surface area contributed by atoms with Crippen LogP contribution in [0, 0.1) is 0 Å². The van der Waals surface area contributed by atoms with Gasteiger partial charge in [-0.25, -0.2) is 8.42 Å². The Morgan fingerprint density at radius 2 is 2.39 bits per heavy atom. The van der Waals surface area contributed by atoms with Crippen LogP contribution >= 0.6 is 0 Å². The number of rotatable bonds is 4. The Bertz CT molecular complexity index is 499. The third-order valence-corrected chi connectivity index (χ3v) is 4.63. The van der Waals surface area contributed by atoms with Crippen LogP contribution in [0.3, 0.4) is 0 Å². The molecule has 0 bridgehead atoms. The maximum absolute atomic E-state index is 12.3. The van der Waals surface area contributed by atoms with Crippen LogP contribution < -0.4 is 5.73 Å². The van der Waals surface area contributed by atoms with Gasteiger partial charge in [0.2, 0.25) is 10.0 Å². The maximum Gasteiger partial charge on any atom is 0.246 e. The van der Waals surface area contributed by atoms with Crippen molar-refractivity contribution in [2.75, 3.05) is 26.2 Å². The van der Waals surface area contributed by atoms with Crippen molar-refractivity contribution >= 4 is 10.0 Å². The number of nitrogens with two attached hydrogens (primary N) is 1. The Balaban J connectivity index is 2.18. The Morgan fingerprint density at radius 3 is 3.06 bits per heavy atom. The summed E-state index contributed by atoms with van der Waals surface area (Å²) in [6, 6.07) is 0.